The number of nitrogens with one attached hydrogen (secondary N) is 2. The third-order valence-electron chi connectivity index (χ3n) is 3.96. The van der Waals surface area contributed by atoms with E-state index >= 15 is 0 Å². The summed E-state index contributed by atoms with van der Waals surface area (Å²) in [5.74, 6) is 1.04. The molecule has 3 rings (SSSR count). The van der Waals surface area contributed by atoms with Crippen LogP contribution in [0.1, 0.15) is 5.76 Å². The Hall–Kier alpha value is -3.98. The van der Waals surface area contributed by atoms with Crippen LogP contribution in [0.25, 0.3) is 17.4 Å². The summed E-state index contributed by atoms with van der Waals surface area (Å²) in [6.07, 6.45) is 2.78. The summed E-state index contributed by atoms with van der Waals surface area (Å²) in [6.45, 7) is 0. The predicted molar refractivity (Wildman–Crippen MR) is 117 cm³/mol. The van der Waals surface area contributed by atoms with Gasteiger partial charge in [0.2, 0.25) is 5.91 Å². The van der Waals surface area contributed by atoms with Crippen LogP contribution in [0.5, 0.6) is 5.75 Å². The van der Waals surface area contributed by atoms with Gasteiger partial charge in [0.25, 0.3) is 5.69 Å². The van der Waals surface area contributed by atoms with Gasteiger partial charge >= 0.3 is 0 Å². The van der Waals surface area contributed by atoms with Gasteiger partial charge in [0.15, 0.2) is 5.11 Å². The Morgan fingerprint density at radius 1 is 1.17 bits per heavy atom. The summed E-state index contributed by atoms with van der Waals surface area (Å²) >= 11 is 5.10. The van der Waals surface area contributed by atoms with Crippen molar-refractivity contribution in [2.24, 2.45) is 0 Å². The van der Waals surface area contributed by atoms with Gasteiger partial charge in [-0.2, -0.15) is 0 Å². The molecule has 0 aliphatic heterocycles. The molecule has 9 heteroatoms. The number of nitro benzene ring substituents is 1. The van der Waals surface area contributed by atoms with Crippen LogP contribution in [0.15, 0.2) is 71.2 Å². The second-order valence-corrected chi connectivity index (χ2v) is 6.39. The van der Waals surface area contributed by atoms with Crippen molar-refractivity contribution in [3.8, 4) is 17.1 Å². The van der Waals surface area contributed by atoms with E-state index in [-0.39, 0.29) is 16.5 Å². The number of amides is 1. The molecule has 0 fully saturated rings. The van der Waals surface area contributed by atoms with E-state index in [1.807, 2.05) is 36.4 Å². The molecule has 0 bridgehead atoms. The zero-order valence-electron chi connectivity index (χ0n) is 15.8. The zero-order chi connectivity index (χ0) is 21.5. The Kier molecular flexibility index (Phi) is 6.56. The maximum atomic E-state index is 12.1. The van der Waals surface area contributed by atoms with Gasteiger partial charge in [-0.05, 0) is 36.5 Å². The molecule has 1 aromatic heterocycles. The first-order chi connectivity index (χ1) is 14.5. The van der Waals surface area contributed by atoms with Gasteiger partial charge in [-0.3, -0.25) is 20.2 Å². The van der Waals surface area contributed by atoms with Crippen molar-refractivity contribution in [1.29, 1.82) is 0 Å². The summed E-state index contributed by atoms with van der Waals surface area (Å²) in [5, 5.41) is 16.1. The van der Waals surface area contributed by atoms with Crippen molar-refractivity contribution >= 4 is 40.7 Å². The van der Waals surface area contributed by atoms with Crippen LogP contribution in [0.2, 0.25) is 0 Å². The Balaban J connectivity index is 1.61. The lowest BCUT2D eigenvalue weighted by Crippen LogP contribution is -2.32. The van der Waals surface area contributed by atoms with Crippen LogP contribution in [0, 0.1) is 10.1 Å². The maximum Gasteiger partial charge on any atom is 0.271 e. The van der Waals surface area contributed by atoms with Gasteiger partial charge in [0.1, 0.15) is 17.3 Å². The quantitative estimate of drug-likeness (QED) is 0.262. The van der Waals surface area contributed by atoms with E-state index in [9.17, 15) is 14.9 Å². The molecule has 0 unspecified atom stereocenters. The molecule has 2 aromatic carbocycles. The topological polar surface area (TPSA) is 107 Å². The number of hydrogen-bond donors (Lipinski definition) is 2. The number of carbonyl (C=O) groups excluding carboxylic acids is 1. The summed E-state index contributed by atoms with van der Waals surface area (Å²) in [7, 11) is 1.42. The lowest BCUT2D eigenvalue weighted by molar-refractivity contribution is -0.384. The lowest BCUT2D eigenvalue weighted by atomic mass is 10.2. The van der Waals surface area contributed by atoms with E-state index in [1.54, 1.807) is 6.07 Å². The van der Waals surface area contributed by atoms with Crippen molar-refractivity contribution < 1.29 is 18.9 Å². The first-order valence-corrected chi connectivity index (χ1v) is 9.15. The maximum absolute atomic E-state index is 12.1. The largest absolute Gasteiger partial charge is 0.495 e. The fourth-order valence-electron chi connectivity index (χ4n) is 2.57. The zero-order valence-corrected chi connectivity index (χ0v) is 16.6. The van der Waals surface area contributed by atoms with E-state index in [1.165, 1.54) is 37.5 Å². The minimum atomic E-state index is -0.540. The fraction of sp³-hybridized carbons (Fsp3) is 0.0476. The monoisotopic (exact) mass is 423 g/mol. The summed E-state index contributed by atoms with van der Waals surface area (Å²) in [6, 6.07) is 17.1. The molecule has 3 aromatic rings. The number of anilines is 1. The fourth-order valence-corrected chi connectivity index (χ4v) is 2.78. The molecule has 1 heterocycles. The second-order valence-electron chi connectivity index (χ2n) is 5.99. The first kappa shape index (κ1) is 20.7. The molecule has 8 nitrogen and oxygen atoms in total. The van der Waals surface area contributed by atoms with E-state index < -0.39 is 10.8 Å². The van der Waals surface area contributed by atoms with Crippen molar-refractivity contribution in [2.45, 2.75) is 0 Å². The van der Waals surface area contributed by atoms with Crippen LogP contribution < -0.4 is 15.4 Å². The molecule has 0 saturated carbocycles. The molecule has 0 atom stereocenters. The molecule has 0 spiro atoms. The summed E-state index contributed by atoms with van der Waals surface area (Å²) in [4.78, 5) is 22.5. The Morgan fingerprint density at radius 3 is 2.63 bits per heavy atom. The number of nitro groups is 1. The number of methoxy groups -OCH3 is 1. The van der Waals surface area contributed by atoms with E-state index in [4.69, 9.17) is 21.4 Å². The number of carbonyl (C=O) groups is 1. The Bertz CT molecular complexity index is 1110. The smallest absolute Gasteiger partial charge is 0.271 e. The lowest BCUT2D eigenvalue weighted by Gasteiger charge is -2.11. The minimum absolute atomic E-state index is 0.0344. The first-order valence-electron chi connectivity index (χ1n) is 8.74. The van der Waals surface area contributed by atoms with Gasteiger partial charge in [0, 0.05) is 23.8 Å². The Morgan fingerprint density at radius 2 is 1.93 bits per heavy atom. The molecule has 30 heavy (non-hydrogen) atoms. The van der Waals surface area contributed by atoms with Crippen molar-refractivity contribution in [2.75, 3.05) is 12.4 Å². The van der Waals surface area contributed by atoms with Gasteiger partial charge in [-0.15, -0.1) is 0 Å². The average molecular weight is 423 g/mol. The number of furan rings is 1. The number of rotatable bonds is 6. The van der Waals surface area contributed by atoms with Gasteiger partial charge in [0.05, 0.1) is 17.7 Å². The van der Waals surface area contributed by atoms with Crippen molar-refractivity contribution in [3.63, 3.8) is 0 Å². The van der Waals surface area contributed by atoms with Crippen molar-refractivity contribution in [1.82, 2.24) is 5.32 Å². The minimum Gasteiger partial charge on any atom is -0.495 e. The van der Waals surface area contributed by atoms with Crippen LogP contribution in [-0.4, -0.2) is 23.1 Å². The highest BCUT2D eigenvalue weighted by atomic mass is 32.1. The predicted octanol–water partition coefficient (Wildman–Crippen LogP) is 4.39. The third-order valence-corrected chi connectivity index (χ3v) is 4.17. The molecular weight excluding hydrogens is 406 g/mol. The van der Waals surface area contributed by atoms with Gasteiger partial charge in [-0.25, -0.2) is 0 Å². The summed E-state index contributed by atoms with van der Waals surface area (Å²) in [5.41, 5.74) is 1.05. The molecular formula is C21H17N3O5S. The van der Waals surface area contributed by atoms with Crippen LogP contribution in [0.3, 0.4) is 0 Å². The number of nitrogens with zero attached hydrogens (tertiary/aromatic N) is 1. The highest BCUT2D eigenvalue weighted by Gasteiger charge is 2.13. The van der Waals surface area contributed by atoms with E-state index in [0.29, 0.717) is 17.3 Å². The molecule has 0 saturated heterocycles. The summed E-state index contributed by atoms with van der Waals surface area (Å²) < 4.78 is 10.8. The number of non-ortho nitro benzene ring substituents is 1. The van der Waals surface area contributed by atoms with Crippen LogP contribution in [0.4, 0.5) is 11.4 Å². The normalized spacial score (nSPS) is 10.6. The van der Waals surface area contributed by atoms with Gasteiger partial charge < -0.3 is 14.5 Å². The van der Waals surface area contributed by atoms with E-state index in [2.05, 4.69) is 10.6 Å². The molecule has 2 N–H and O–H groups in total. The number of thiocarbonyl (C=S) groups is 1. The molecule has 0 radical (unpaired) electrons. The van der Waals surface area contributed by atoms with Crippen LogP contribution >= 0.6 is 12.2 Å². The second kappa shape index (κ2) is 9.48. The molecule has 0 aliphatic carbocycles. The Labute approximate surface area is 177 Å². The highest BCUT2D eigenvalue weighted by Crippen LogP contribution is 2.28. The number of hydrogen-bond acceptors (Lipinski definition) is 6. The van der Waals surface area contributed by atoms with E-state index in [0.717, 1.165) is 5.56 Å². The molecule has 1 amide bonds. The number of ether oxygens (including phenoxy) is 1. The third kappa shape index (κ3) is 5.30. The average Bonchev–Trinajstić information content (AvgIpc) is 3.22. The standard InChI is InChI=1S/C21H17N3O5S/c1-28-19-10-7-15(24(26)27)13-17(19)22-21(30)23-20(25)12-9-16-8-11-18(29-16)14-5-3-2-4-6-14/h2-13H,1H3,(H2,22,23,25,30)/b12-9+. The number of benzene rings is 2. The molecule has 0 aliphatic rings. The van der Waals surface area contributed by atoms with Gasteiger partial charge in [-0.1, -0.05) is 30.3 Å². The SMILES string of the molecule is COc1ccc([N+](=O)[O-])cc1NC(=S)NC(=O)/C=C/c1ccc(-c2ccccc2)o1. The molecule has 152 valence electrons. The van der Waals surface area contributed by atoms with Crippen molar-refractivity contribution in [3.05, 3.63) is 82.6 Å². The van der Waals surface area contributed by atoms with Crippen LogP contribution in [-0.2, 0) is 4.79 Å². The highest BCUT2D eigenvalue weighted by molar-refractivity contribution is 7.80.